The molecule has 0 aromatic carbocycles. The Kier molecular flexibility index (Phi) is 7.34. The van der Waals surface area contributed by atoms with Crippen molar-refractivity contribution in [1.29, 1.82) is 0 Å². The number of hydrogen-bond donors (Lipinski definition) is 1. The zero-order valence-electron chi connectivity index (χ0n) is 14.6. The Labute approximate surface area is 146 Å². The van der Waals surface area contributed by atoms with Crippen molar-refractivity contribution >= 4 is 12.4 Å². The van der Waals surface area contributed by atoms with Crippen LogP contribution in [0.3, 0.4) is 0 Å². The number of hydrogen-bond acceptors (Lipinski definition) is 4. The van der Waals surface area contributed by atoms with Gasteiger partial charge in [0.25, 0.3) is 0 Å². The van der Waals surface area contributed by atoms with Crippen LogP contribution in [0.15, 0.2) is 6.20 Å². The van der Waals surface area contributed by atoms with E-state index < -0.39 is 0 Å². The molecule has 1 N–H and O–H groups in total. The molecule has 3 rings (SSSR count). The molecule has 2 aliphatic rings. The molecule has 5 nitrogen and oxygen atoms in total. The predicted octanol–water partition coefficient (Wildman–Crippen LogP) is 1.80. The van der Waals surface area contributed by atoms with Gasteiger partial charge in [-0.15, -0.1) is 12.4 Å². The van der Waals surface area contributed by atoms with E-state index in [0.29, 0.717) is 6.04 Å². The van der Waals surface area contributed by atoms with E-state index >= 15 is 0 Å². The summed E-state index contributed by atoms with van der Waals surface area (Å²) in [5.41, 5.74) is 2.68. The molecule has 0 bridgehead atoms. The van der Waals surface area contributed by atoms with E-state index in [1.54, 1.807) is 0 Å². The molecule has 1 aromatic rings. The van der Waals surface area contributed by atoms with Crippen molar-refractivity contribution in [1.82, 2.24) is 24.9 Å². The number of likely N-dealkylation sites (tertiary alicyclic amines) is 1. The van der Waals surface area contributed by atoms with E-state index in [1.165, 1.54) is 69.7 Å². The van der Waals surface area contributed by atoms with E-state index in [0.717, 1.165) is 13.1 Å². The van der Waals surface area contributed by atoms with E-state index in [4.69, 9.17) is 0 Å². The highest BCUT2D eigenvalue weighted by Gasteiger charge is 2.23. The summed E-state index contributed by atoms with van der Waals surface area (Å²) in [5, 5.41) is 7.99. The topological polar surface area (TPSA) is 36.3 Å². The van der Waals surface area contributed by atoms with Crippen LogP contribution in [0.2, 0.25) is 0 Å². The molecule has 23 heavy (non-hydrogen) atoms. The first-order valence-electron chi connectivity index (χ1n) is 8.88. The number of aromatic nitrogens is 2. The molecule has 2 fully saturated rings. The van der Waals surface area contributed by atoms with Crippen LogP contribution in [-0.4, -0.2) is 64.9 Å². The maximum absolute atomic E-state index is 4.42. The van der Waals surface area contributed by atoms with Crippen LogP contribution in [0, 0.1) is 6.92 Å². The lowest BCUT2D eigenvalue weighted by atomic mass is 10.0. The Hall–Kier alpha value is -0.620. The molecule has 2 aliphatic heterocycles. The van der Waals surface area contributed by atoms with Gasteiger partial charge in [-0.3, -0.25) is 9.58 Å². The minimum Gasteiger partial charge on any atom is -0.315 e. The minimum atomic E-state index is 0. The first-order chi connectivity index (χ1) is 10.7. The molecular weight excluding hydrogens is 310 g/mol. The predicted molar refractivity (Wildman–Crippen MR) is 97.2 cm³/mol. The van der Waals surface area contributed by atoms with Gasteiger partial charge in [0.2, 0.25) is 0 Å². The molecule has 3 heterocycles. The van der Waals surface area contributed by atoms with Crippen molar-refractivity contribution in [3.05, 3.63) is 17.5 Å². The standard InChI is InChI=1S/C17H31N5.ClH/c1-15-16(12-19-20(15)2)14-22(17-6-5-7-18-13-17)11-10-21-8-3-4-9-21;/h12,17-18H,3-11,13-14H2,1-2H3;1H. The van der Waals surface area contributed by atoms with E-state index in [-0.39, 0.29) is 12.4 Å². The fourth-order valence-electron chi connectivity index (χ4n) is 3.73. The Morgan fingerprint density at radius 1 is 1.30 bits per heavy atom. The van der Waals surface area contributed by atoms with Gasteiger partial charge in [-0.25, -0.2) is 0 Å². The molecule has 0 saturated carbocycles. The normalized spacial score (nSPS) is 22.5. The van der Waals surface area contributed by atoms with Gasteiger partial charge in [-0.2, -0.15) is 5.10 Å². The number of rotatable bonds is 6. The highest BCUT2D eigenvalue weighted by atomic mass is 35.5. The smallest absolute Gasteiger partial charge is 0.0537 e. The molecule has 0 aliphatic carbocycles. The van der Waals surface area contributed by atoms with Crippen molar-refractivity contribution in [2.75, 3.05) is 39.3 Å². The lowest BCUT2D eigenvalue weighted by molar-refractivity contribution is 0.139. The molecule has 0 radical (unpaired) electrons. The lowest BCUT2D eigenvalue weighted by Gasteiger charge is -2.35. The molecule has 0 amide bonds. The van der Waals surface area contributed by atoms with Gasteiger partial charge >= 0.3 is 0 Å². The molecule has 1 aromatic heterocycles. The Balaban J connectivity index is 0.00000192. The van der Waals surface area contributed by atoms with Gasteiger partial charge in [0, 0.05) is 50.5 Å². The van der Waals surface area contributed by atoms with Crippen molar-refractivity contribution in [2.24, 2.45) is 7.05 Å². The van der Waals surface area contributed by atoms with Gasteiger partial charge in [0.15, 0.2) is 0 Å². The van der Waals surface area contributed by atoms with Gasteiger partial charge in [0.05, 0.1) is 6.20 Å². The quantitative estimate of drug-likeness (QED) is 0.856. The zero-order valence-corrected chi connectivity index (χ0v) is 15.4. The second-order valence-electron chi connectivity index (χ2n) is 6.90. The maximum Gasteiger partial charge on any atom is 0.0537 e. The van der Waals surface area contributed by atoms with E-state index in [9.17, 15) is 0 Å². The molecule has 0 spiro atoms. The first kappa shape index (κ1) is 18.7. The molecule has 1 unspecified atom stereocenters. The lowest BCUT2D eigenvalue weighted by Crippen LogP contribution is -2.47. The number of nitrogens with zero attached hydrogens (tertiary/aromatic N) is 4. The molecule has 132 valence electrons. The number of piperidine rings is 1. The fraction of sp³-hybridized carbons (Fsp3) is 0.824. The van der Waals surface area contributed by atoms with Gasteiger partial charge < -0.3 is 10.2 Å². The molecule has 1 atom stereocenters. The van der Waals surface area contributed by atoms with Gasteiger partial charge in [0.1, 0.15) is 0 Å². The summed E-state index contributed by atoms with van der Waals surface area (Å²) in [7, 11) is 2.04. The van der Waals surface area contributed by atoms with Crippen LogP contribution in [0.25, 0.3) is 0 Å². The SMILES string of the molecule is Cc1c(CN(CCN2CCCC2)C2CCCNC2)cnn1C.Cl. The minimum absolute atomic E-state index is 0. The Morgan fingerprint density at radius 2 is 2.09 bits per heavy atom. The summed E-state index contributed by atoms with van der Waals surface area (Å²) in [5.74, 6) is 0. The highest BCUT2D eigenvalue weighted by Crippen LogP contribution is 2.17. The van der Waals surface area contributed by atoms with Crippen LogP contribution >= 0.6 is 12.4 Å². The summed E-state index contributed by atoms with van der Waals surface area (Å²) in [6.07, 6.45) is 7.44. The maximum atomic E-state index is 4.42. The van der Waals surface area contributed by atoms with Gasteiger partial charge in [-0.1, -0.05) is 0 Å². The summed E-state index contributed by atoms with van der Waals surface area (Å²) in [6, 6.07) is 0.677. The summed E-state index contributed by atoms with van der Waals surface area (Å²) in [4.78, 5) is 5.31. The molecule has 6 heteroatoms. The second-order valence-corrected chi connectivity index (χ2v) is 6.90. The van der Waals surface area contributed by atoms with Crippen LogP contribution in [0.4, 0.5) is 0 Å². The second kappa shape index (κ2) is 9.02. The summed E-state index contributed by atoms with van der Waals surface area (Å²) < 4.78 is 1.99. The average molecular weight is 342 g/mol. The van der Waals surface area contributed by atoms with Crippen molar-refractivity contribution in [3.8, 4) is 0 Å². The van der Waals surface area contributed by atoms with Crippen LogP contribution in [0.1, 0.15) is 36.9 Å². The summed E-state index contributed by atoms with van der Waals surface area (Å²) >= 11 is 0. The van der Waals surface area contributed by atoms with Crippen LogP contribution < -0.4 is 5.32 Å². The van der Waals surface area contributed by atoms with Crippen molar-refractivity contribution in [3.63, 3.8) is 0 Å². The monoisotopic (exact) mass is 341 g/mol. The Bertz CT molecular complexity index is 464. The third-order valence-corrected chi connectivity index (χ3v) is 5.40. The van der Waals surface area contributed by atoms with E-state index in [2.05, 4.69) is 33.3 Å². The van der Waals surface area contributed by atoms with E-state index in [1.807, 2.05) is 11.7 Å². The molecular formula is C17H32ClN5. The highest BCUT2D eigenvalue weighted by molar-refractivity contribution is 5.85. The first-order valence-corrected chi connectivity index (χ1v) is 8.88. The fourth-order valence-corrected chi connectivity index (χ4v) is 3.73. The van der Waals surface area contributed by atoms with Crippen LogP contribution in [-0.2, 0) is 13.6 Å². The summed E-state index contributed by atoms with van der Waals surface area (Å²) in [6.45, 7) is 10.5. The molecule has 2 saturated heterocycles. The zero-order chi connectivity index (χ0) is 15.4. The number of nitrogens with one attached hydrogen (secondary N) is 1. The average Bonchev–Trinajstić information content (AvgIpc) is 3.17. The number of halogens is 1. The van der Waals surface area contributed by atoms with Crippen molar-refractivity contribution < 1.29 is 0 Å². The van der Waals surface area contributed by atoms with Crippen LogP contribution in [0.5, 0.6) is 0 Å². The number of aryl methyl sites for hydroxylation is 1. The largest absolute Gasteiger partial charge is 0.315 e. The third kappa shape index (κ3) is 4.92. The third-order valence-electron chi connectivity index (χ3n) is 5.40. The van der Waals surface area contributed by atoms with Gasteiger partial charge in [-0.05, 0) is 52.2 Å². The van der Waals surface area contributed by atoms with Crippen molar-refractivity contribution in [2.45, 2.75) is 45.2 Å². The Morgan fingerprint density at radius 3 is 2.70 bits per heavy atom.